The van der Waals surface area contributed by atoms with E-state index in [1.54, 1.807) is 0 Å². The van der Waals surface area contributed by atoms with Gasteiger partial charge in [-0.3, -0.25) is 4.79 Å². The Morgan fingerprint density at radius 3 is 2.53 bits per heavy atom. The standard InChI is InChI=1S/C28H38O4/c1-26(30)12-13-27(2)18(15-26)5-6-19-20-7-8-22(28(20,3)11-10-21(19)27)25(29)17-4-9-23-24(14-17)32-16-31-23/h4,9,14,18-22,30H,5-8,10-13,15-16H2,1-3H3/t18-,19+,20+,21+,22-,26-,27+,28+/m1/s1. The number of hydrogen-bond donors (Lipinski definition) is 1. The molecule has 6 rings (SSSR count). The van der Waals surface area contributed by atoms with E-state index >= 15 is 0 Å². The van der Waals surface area contributed by atoms with Gasteiger partial charge in [-0.1, -0.05) is 13.8 Å². The molecule has 1 aliphatic heterocycles. The third-order valence-corrected chi connectivity index (χ3v) is 10.9. The maximum Gasteiger partial charge on any atom is 0.231 e. The smallest absolute Gasteiger partial charge is 0.231 e. The first-order chi connectivity index (χ1) is 15.2. The van der Waals surface area contributed by atoms with Gasteiger partial charge in [-0.2, -0.15) is 0 Å². The first-order valence-electron chi connectivity index (χ1n) is 12.9. The number of benzene rings is 1. The van der Waals surface area contributed by atoms with Gasteiger partial charge in [0.05, 0.1) is 5.60 Å². The normalized spacial score (nSPS) is 46.8. The number of aliphatic hydroxyl groups is 1. The molecule has 4 nitrogen and oxygen atoms in total. The Hall–Kier alpha value is -1.55. The van der Waals surface area contributed by atoms with Crippen LogP contribution in [0.5, 0.6) is 11.5 Å². The SMILES string of the molecule is C[C@@]1(O)CC[C@@]2(C)[C@H](CC[C@@H]3[C@@H]2CC[C@]2(C)[C@@H](C(=O)c4ccc5c(c4)OCO5)CC[C@@H]32)C1. The fraction of sp³-hybridized carbons (Fsp3) is 0.750. The topological polar surface area (TPSA) is 55.8 Å². The summed E-state index contributed by atoms with van der Waals surface area (Å²) < 4.78 is 11.0. The lowest BCUT2D eigenvalue weighted by molar-refractivity contribution is -0.144. The molecule has 32 heavy (non-hydrogen) atoms. The van der Waals surface area contributed by atoms with E-state index in [4.69, 9.17) is 9.47 Å². The van der Waals surface area contributed by atoms with Crippen molar-refractivity contribution in [3.63, 3.8) is 0 Å². The molecule has 1 aromatic carbocycles. The highest BCUT2D eigenvalue weighted by molar-refractivity contribution is 5.99. The van der Waals surface area contributed by atoms with Crippen molar-refractivity contribution in [2.24, 2.45) is 40.4 Å². The number of Topliss-reactive ketones (excluding diaryl/α,β-unsaturated/α-hetero) is 1. The fourth-order valence-electron chi connectivity index (χ4n) is 9.11. The van der Waals surface area contributed by atoms with Crippen LogP contribution in [0.4, 0.5) is 0 Å². The summed E-state index contributed by atoms with van der Waals surface area (Å²) in [6.07, 6.45) is 10.2. The van der Waals surface area contributed by atoms with Gasteiger partial charge in [0.25, 0.3) is 0 Å². The van der Waals surface area contributed by atoms with Crippen molar-refractivity contribution in [2.45, 2.75) is 84.2 Å². The first-order valence-corrected chi connectivity index (χ1v) is 12.9. The van der Waals surface area contributed by atoms with Gasteiger partial charge >= 0.3 is 0 Å². The minimum Gasteiger partial charge on any atom is -0.454 e. The predicted molar refractivity (Wildman–Crippen MR) is 123 cm³/mol. The maximum atomic E-state index is 13.7. The number of carbonyl (C=O) groups is 1. The molecule has 8 atom stereocenters. The first kappa shape index (κ1) is 21.0. The average molecular weight is 439 g/mol. The number of hydrogen-bond acceptors (Lipinski definition) is 4. The highest BCUT2D eigenvalue weighted by Gasteiger charge is 2.61. The Balaban J connectivity index is 1.25. The van der Waals surface area contributed by atoms with Crippen LogP contribution >= 0.6 is 0 Å². The zero-order valence-corrected chi connectivity index (χ0v) is 19.9. The molecule has 1 heterocycles. The molecule has 0 spiro atoms. The molecule has 0 radical (unpaired) electrons. The van der Waals surface area contributed by atoms with Crippen LogP contribution in [0, 0.1) is 40.4 Å². The van der Waals surface area contributed by atoms with Gasteiger partial charge in [0.1, 0.15) is 0 Å². The van der Waals surface area contributed by atoms with Gasteiger partial charge in [0.2, 0.25) is 6.79 Å². The van der Waals surface area contributed by atoms with Crippen LogP contribution in [0.15, 0.2) is 18.2 Å². The lowest BCUT2D eigenvalue weighted by Gasteiger charge is -2.61. The number of rotatable bonds is 2. The molecule has 1 N–H and O–H groups in total. The second kappa shape index (κ2) is 6.98. The van der Waals surface area contributed by atoms with E-state index in [0.717, 1.165) is 48.8 Å². The van der Waals surface area contributed by atoms with E-state index in [1.807, 2.05) is 25.1 Å². The van der Waals surface area contributed by atoms with Gasteiger partial charge < -0.3 is 14.6 Å². The van der Waals surface area contributed by atoms with Crippen LogP contribution in [-0.2, 0) is 0 Å². The van der Waals surface area contributed by atoms with Crippen molar-refractivity contribution >= 4 is 5.78 Å². The lowest BCUT2D eigenvalue weighted by atomic mass is 9.44. The minimum atomic E-state index is -0.477. The fourth-order valence-corrected chi connectivity index (χ4v) is 9.11. The molecule has 4 heteroatoms. The molecule has 0 aromatic heterocycles. The Bertz CT molecular complexity index is 937. The van der Waals surface area contributed by atoms with Gasteiger partial charge in [0, 0.05) is 11.5 Å². The predicted octanol–water partition coefficient (Wildman–Crippen LogP) is 6.01. The third-order valence-electron chi connectivity index (χ3n) is 10.9. The molecule has 0 bridgehead atoms. The Morgan fingerprint density at radius 2 is 1.69 bits per heavy atom. The van der Waals surface area contributed by atoms with Crippen molar-refractivity contribution in [2.75, 3.05) is 6.79 Å². The zero-order chi connectivity index (χ0) is 22.3. The molecule has 0 unspecified atom stereocenters. The Morgan fingerprint density at radius 1 is 0.906 bits per heavy atom. The highest BCUT2D eigenvalue weighted by Crippen LogP contribution is 2.68. The molecular weight excluding hydrogens is 400 g/mol. The number of carbonyl (C=O) groups excluding carboxylic acids is 1. The summed E-state index contributed by atoms with van der Waals surface area (Å²) >= 11 is 0. The summed E-state index contributed by atoms with van der Waals surface area (Å²) in [7, 11) is 0. The summed E-state index contributed by atoms with van der Waals surface area (Å²) in [4.78, 5) is 13.7. The van der Waals surface area contributed by atoms with E-state index in [9.17, 15) is 9.90 Å². The van der Waals surface area contributed by atoms with E-state index in [-0.39, 0.29) is 18.1 Å². The monoisotopic (exact) mass is 438 g/mol. The van der Waals surface area contributed by atoms with Crippen LogP contribution in [0.1, 0.15) is 88.9 Å². The van der Waals surface area contributed by atoms with Crippen molar-refractivity contribution < 1.29 is 19.4 Å². The molecule has 5 aliphatic rings. The summed E-state index contributed by atoms with van der Waals surface area (Å²) in [6.45, 7) is 7.25. The summed E-state index contributed by atoms with van der Waals surface area (Å²) in [6, 6.07) is 5.72. The summed E-state index contributed by atoms with van der Waals surface area (Å²) in [5.41, 5.74) is 0.785. The number of ether oxygens (including phenoxy) is 2. The average Bonchev–Trinajstić information content (AvgIpc) is 3.37. The van der Waals surface area contributed by atoms with E-state index in [1.165, 1.54) is 32.1 Å². The quantitative estimate of drug-likeness (QED) is 0.575. The van der Waals surface area contributed by atoms with Gasteiger partial charge in [-0.25, -0.2) is 0 Å². The van der Waals surface area contributed by atoms with Crippen molar-refractivity contribution in [3.8, 4) is 11.5 Å². The van der Waals surface area contributed by atoms with Crippen LogP contribution in [0.25, 0.3) is 0 Å². The second-order valence-corrected chi connectivity index (χ2v) is 12.5. The molecule has 0 amide bonds. The van der Waals surface area contributed by atoms with Crippen molar-refractivity contribution in [1.29, 1.82) is 0 Å². The van der Waals surface area contributed by atoms with E-state index in [0.29, 0.717) is 28.8 Å². The maximum absolute atomic E-state index is 13.7. The van der Waals surface area contributed by atoms with Crippen LogP contribution in [0.2, 0.25) is 0 Å². The van der Waals surface area contributed by atoms with Crippen LogP contribution in [0.3, 0.4) is 0 Å². The minimum absolute atomic E-state index is 0.109. The van der Waals surface area contributed by atoms with Crippen LogP contribution in [-0.4, -0.2) is 23.3 Å². The molecule has 0 saturated heterocycles. The van der Waals surface area contributed by atoms with E-state index < -0.39 is 5.60 Å². The summed E-state index contributed by atoms with van der Waals surface area (Å²) in [5.74, 6) is 4.69. The highest BCUT2D eigenvalue weighted by atomic mass is 16.7. The Kier molecular flexibility index (Phi) is 4.58. The summed E-state index contributed by atoms with van der Waals surface area (Å²) in [5, 5.41) is 10.7. The molecule has 4 fully saturated rings. The number of ketones is 1. The molecule has 4 saturated carbocycles. The van der Waals surface area contributed by atoms with Gasteiger partial charge in [-0.15, -0.1) is 0 Å². The van der Waals surface area contributed by atoms with Gasteiger partial charge in [0.15, 0.2) is 17.3 Å². The lowest BCUT2D eigenvalue weighted by Crippen LogP contribution is -2.55. The number of fused-ring (bicyclic) bond motifs is 6. The molecular formula is C28H38O4. The largest absolute Gasteiger partial charge is 0.454 e. The third kappa shape index (κ3) is 2.94. The van der Waals surface area contributed by atoms with Crippen LogP contribution < -0.4 is 9.47 Å². The Labute approximate surface area is 192 Å². The van der Waals surface area contributed by atoms with Gasteiger partial charge in [-0.05, 0) is 117 Å². The second-order valence-electron chi connectivity index (χ2n) is 12.5. The molecule has 174 valence electrons. The zero-order valence-electron chi connectivity index (χ0n) is 19.9. The van der Waals surface area contributed by atoms with Crippen molar-refractivity contribution in [1.82, 2.24) is 0 Å². The van der Waals surface area contributed by atoms with E-state index in [2.05, 4.69) is 13.8 Å². The van der Waals surface area contributed by atoms with Crippen molar-refractivity contribution in [3.05, 3.63) is 23.8 Å². The molecule has 1 aromatic rings. The molecule has 4 aliphatic carbocycles.